The van der Waals surface area contributed by atoms with E-state index in [9.17, 15) is 0 Å². The van der Waals surface area contributed by atoms with Gasteiger partial charge in [0.25, 0.3) is 0 Å². The highest BCUT2D eigenvalue weighted by atomic mass is 35.5. The number of nitrogens with zero attached hydrogens (tertiary/aromatic N) is 1. The number of rotatable bonds is 6. The van der Waals surface area contributed by atoms with Crippen molar-refractivity contribution in [3.05, 3.63) is 29.3 Å². The fourth-order valence-electron chi connectivity index (χ4n) is 1.47. The van der Waals surface area contributed by atoms with E-state index in [0.29, 0.717) is 11.6 Å². The first kappa shape index (κ1) is 13.9. The van der Waals surface area contributed by atoms with Gasteiger partial charge in [-0.15, -0.1) is 0 Å². The lowest BCUT2D eigenvalue weighted by Gasteiger charge is -2.14. The van der Waals surface area contributed by atoms with E-state index >= 15 is 0 Å². The Labute approximate surface area is 108 Å². The van der Waals surface area contributed by atoms with Crippen LogP contribution in [0.1, 0.15) is 33.1 Å². The molecule has 3 heteroatoms. The monoisotopic (exact) mass is 251 g/mol. The van der Waals surface area contributed by atoms with Crippen LogP contribution in [0.3, 0.4) is 0 Å². The van der Waals surface area contributed by atoms with Crippen LogP contribution in [0.25, 0.3) is 0 Å². The summed E-state index contributed by atoms with van der Waals surface area (Å²) in [5.41, 5.74) is -0.232. The fraction of sp³-hybridized carbons (Fsp3) is 0.500. The molecule has 2 nitrogen and oxygen atoms in total. The van der Waals surface area contributed by atoms with E-state index in [1.54, 1.807) is 0 Å². The smallest absolute Gasteiger partial charge is 0.137 e. The molecule has 0 spiro atoms. The van der Waals surface area contributed by atoms with Gasteiger partial charge < -0.3 is 4.74 Å². The lowest BCUT2D eigenvalue weighted by Crippen LogP contribution is -2.08. The van der Waals surface area contributed by atoms with Gasteiger partial charge in [0.1, 0.15) is 5.75 Å². The Morgan fingerprint density at radius 1 is 1.29 bits per heavy atom. The molecule has 0 bridgehead atoms. The highest BCUT2D eigenvalue weighted by Gasteiger charge is 2.15. The zero-order valence-electron chi connectivity index (χ0n) is 10.4. The molecular weight excluding hydrogens is 234 g/mol. The molecular formula is C14H18ClNO. The first-order valence-corrected chi connectivity index (χ1v) is 6.21. The van der Waals surface area contributed by atoms with Gasteiger partial charge in [0, 0.05) is 0 Å². The van der Waals surface area contributed by atoms with Gasteiger partial charge in [-0.2, -0.15) is 5.26 Å². The summed E-state index contributed by atoms with van der Waals surface area (Å²) in [7, 11) is 0. The molecule has 1 aromatic rings. The average Bonchev–Trinajstić information content (AvgIpc) is 2.31. The van der Waals surface area contributed by atoms with Crippen LogP contribution in [0.5, 0.6) is 5.75 Å². The van der Waals surface area contributed by atoms with Gasteiger partial charge in [0.05, 0.1) is 23.1 Å². The third kappa shape index (κ3) is 5.10. The Hall–Kier alpha value is -1.20. The van der Waals surface area contributed by atoms with Crippen molar-refractivity contribution in [2.45, 2.75) is 33.1 Å². The van der Waals surface area contributed by atoms with Crippen molar-refractivity contribution < 1.29 is 4.74 Å². The Morgan fingerprint density at radius 3 is 2.65 bits per heavy atom. The fourth-order valence-corrected chi connectivity index (χ4v) is 1.66. The zero-order chi connectivity index (χ0) is 12.7. The van der Waals surface area contributed by atoms with E-state index < -0.39 is 0 Å². The molecule has 0 aliphatic carbocycles. The number of halogens is 1. The van der Waals surface area contributed by atoms with Crippen LogP contribution in [0.2, 0.25) is 5.02 Å². The summed E-state index contributed by atoms with van der Waals surface area (Å²) in [5, 5.41) is 9.51. The number of unbranched alkanes of at least 4 members (excludes halogenated alkanes) is 1. The van der Waals surface area contributed by atoms with Crippen molar-refractivity contribution in [1.82, 2.24) is 0 Å². The Bertz CT molecular complexity index is 395. The molecule has 1 rings (SSSR count). The average molecular weight is 252 g/mol. The molecule has 0 aliphatic heterocycles. The minimum Gasteiger partial charge on any atom is -0.492 e. The molecule has 17 heavy (non-hydrogen) atoms. The largest absolute Gasteiger partial charge is 0.492 e. The number of ether oxygens (including phenoxy) is 1. The Kier molecular flexibility index (Phi) is 5.31. The standard InChI is InChI=1S/C14H18ClNO/c1-14(2,11-16)9-5-6-10-17-13-8-4-3-7-12(13)15/h3-4,7-8H,5-6,9-10H2,1-2H3. The predicted octanol–water partition coefficient (Wildman–Crippen LogP) is 4.44. The van der Waals surface area contributed by atoms with Crippen molar-refractivity contribution >= 4 is 11.6 Å². The third-order valence-corrected chi connectivity index (χ3v) is 2.91. The van der Waals surface area contributed by atoms with Crippen molar-refractivity contribution in [2.24, 2.45) is 5.41 Å². The van der Waals surface area contributed by atoms with E-state index in [2.05, 4.69) is 6.07 Å². The normalized spacial score (nSPS) is 10.9. The van der Waals surface area contributed by atoms with Crippen LogP contribution >= 0.6 is 11.6 Å². The van der Waals surface area contributed by atoms with Crippen molar-refractivity contribution in [3.63, 3.8) is 0 Å². The van der Waals surface area contributed by atoms with Crippen LogP contribution in [0.15, 0.2) is 24.3 Å². The summed E-state index contributed by atoms with van der Waals surface area (Å²) in [5.74, 6) is 0.730. The molecule has 0 N–H and O–H groups in total. The summed E-state index contributed by atoms with van der Waals surface area (Å²) in [6.45, 7) is 4.56. The summed E-state index contributed by atoms with van der Waals surface area (Å²) >= 11 is 5.96. The molecule has 0 aliphatic rings. The van der Waals surface area contributed by atoms with E-state index in [1.807, 2.05) is 38.1 Å². The number of benzene rings is 1. The van der Waals surface area contributed by atoms with Crippen LogP contribution in [-0.2, 0) is 0 Å². The number of hydrogen-bond donors (Lipinski definition) is 0. The van der Waals surface area contributed by atoms with Crippen molar-refractivity contribution in [3.8, 4) is 11.8 Å². The molecule has 0 radical (unpaired) electrons. The second kappa shape index (κ2) is 6.51. The molecule has 0 heterocycles. The minimum absolute atomic E-state index is 0.232. The van der Waals surface area contributed by atoms with E-state index in [0.717, 1.165) is 25.0 Å². The summed E-state index contributed by atoms with van der Waals surface area (Å²) in [6.07, 6.45) is 2.83. The second-order valence-electron chi connectivity index (χ2n) is 4.73. The zero-order valence-corrected chi connectivity index (χ0v) is 11.1. The molecule has 0 amide bonds. The summed E-state index contributed by atoms with van der Waals surface area (Å²) in [6, 6.07) is 9.76. The minimum atomic E-state index is -0.232. The third-order valence-electron chi connectivity index (χ3n) is 2.59. The van der Waals surface area contributed by atoms with Crippen LogP contribution in [-0.4, -0.2) is 6.61 Å². The number of nitriles is 1. The van der Waals surface area contributed by atoms with Gasteiger partial charge in [0.15, 0.2) is 0 Å². The lowest BCUT2D eigenvalue weighted by atomic mass is 9.89. The Morgan fingerprint density at radius 2 is 2.00 bits per heavy atom. The van der Waals surface area contributed by atoms with Gasteiger partial charge in [-0.3, -0.25) is 0 Å². The van der Waals surface area contributed by atoms with Gasteiger partial charge in [-0.1, -0.05) is 23.7 Å². The summed E-state index contributed by atoms with van der Waals surface area (Å²) in [4.78, 5) is 0. The van der Waals surface area contributed by atoms with Gasteiger partial charge >= 0.3 is 0 Å². The van der Waals surface area contributed by atoms with Crippen molar-refractivity contribution in [2.75, 3.05) is 6.61 Å². The molecule has 92 valence electrons. The maximum atomic E-state index is 8.87. The maximum Gasteiger partial charge on any atom is 0.137 e. The molecule has 0 fully saturated rings. The predicted molar refractivity (Wildman–Crippen MR) is 70.2 cm³/mol. The molecule has 0 atom stereocenters. The van der Waals surface area contributed by atoms with E-state index in [1.165, 1.54) is 0 Å². The van der Waals surface area contributed by atoms with Gasteiger partial charge in [-0.05, 0) is 45.2 Å². The first-order valence-electron chi connectivity index (χ1n) is 5.84. The second-order valence-corrected chi connectivity index (χ2v) is 5.14. The SMILES string of the molecule is CC(C)(C#N)CCCCOc1ccccc1Cl. The van der Waals surface area contributed by atoms with Crippen LogP contribution in [0, 0.1) is 16.7 Å². The Balaban J connectivity index is 2.22. The first-order chi connectivity index (χ1) is 8.05. The van der Waals surface area contributed by atoms with Gasteiger partial charge in [-0.25, -0.2) is 0 Å². The molecule has 0 saturated heterocycles. The van der Waals surface area contributed by atoms with Crippen molar-refractivity contribution in [1.29, 1.82) is 5.26 Å². The van der Waals surface area contributed by atoms with Crippen LogP contribution < -0.4 is 4.74 Å². The number of para-hydroxylation sites is 1. The van der Waals surface area contributed by atoms with E-state index in [4.69, 9.17) is 21.6 Å². The molecule has 0 unspecified atom stereocenters. The van der Waals surface area contributed by atoms with Gasteiger partial charge in [0.2, 0.25) is 0 Å². The number of hydrogen-bond acceptors (Lipinski definition) is 2. The molecule has 0 aromatic heterocycles. The maximum absolute atomic E-state index is 8.87. The highest BCUT2D eigenvalue weighted by Crippen LogP contribution is 2.24. The topological polar surface area (TPSA) is 33.0 Å². The van der Waals surface area contributed by atoms with Crippen LogP contribution in [0.4, 0.5) is 0 Å². The van der Waals surface area contributed by atoms with E-state index in [-0.39, 0.29) is 5.41 Å². The summed E-state index contributed by atoms with van der Waals surface area (Å²) < 4.78 is 5.57. The lowest BCUT2D eigenvalue weighted by molar-refractivity contribution is 0.295. The molecule has 0 saturated carbocycles. The highest BCUT2D eigenvalue weighted by molar-refractivity contribution is 6.32. The quantitative estimate of drug-likeness (QED) is 0.701. The molecule has 1 aromatic carbocycles.